The van der Waals surface area contributed by atoms with Gasteiger partial charge in [-0.2, -0.15) is 11.8 Å². The van der Waals surface area contributed by atoms with Gasteiger partial charge in [0.2, 0.25) is 5.91 Å². The average Bonchev–Trinajstić information content (AvgIpc) is 3.11. The van der Waals surface area contributed by atoms with Crippen molar-refractivity contribution in [2.45, 2.75) is 25.4 Å². The summed E-state index contributed by atoms with van der Waals surface area (Å²) in [7, 11) is 0. The minimum Gasteiger partial charge on any atom is -0.340 e. The molecule has 0 N–H and O–H groups in total. The molecule has 0 aromatic carbocycles. The number of thiophene rings is 1. The summed E-state index contributed by atoms with van der Waals surface area (Å²) in [6.07, 6.45) is 2.19. The van der Waals surface area contributed by atoms with Gasteiger partial charge in [0.05, 0.1) is 6.04 Å². The van der Waals surface area contributed by atoms with E-state index < -0.39 is 0 Å². The summed E-state index contributed by atoms with van der Waals surface area (Å²) in [6.45, 7) is 3.88. The fourth-order valence-electron chi connectivity index (χ4n) is 2.89. The number of carbonyl (C=O) groups is 1. The quantitative estimate of drug-likeness (QED) is 0.855. The molecule has 3 nitrogen and oxygen atoms in total. The number of hydrogen-bond donors (Lipinski definition) is 0. The number of hydrogen-bond acceptors (Lipinski definition) is 4. The van der Waals surface area contributed by atoms with Crippen LogP contribution in [0.4, 0.5) is 0 Å². The van der Waals surface area contributed by atoms with Crippen LogP contribution in [-0.4, -0.2) is 52.9 Å². The van der Waals surface area contributed by atoms with Crippen molar-refractivity contribution >= 4 is 29.0 Å². The van der Waals surface area contributed by atoms with Crippen LogP contribution in [0.1, 0.15) is 17.7 Å². The highest BCUT2D eigenvalue weighted by Crippen LogP contribution is 2.24. The first kappa shape index (κ1) is 13.5. The minimum absolute atomic E-state index is 0.130. The Labute approximate surface area is 123 Å². The molecule has 1 aromatic rings. The zero-order chi connectivity index (χ0) is 13.1. The Morgan fingerprint density at radius 3 is 2.89 bits per heavy atom. The Balaban J connectivity index is 1.63. The van der Waals surface area contributed by atoms with Crippen molar-refractivity contribution in [1.29, 1.82) is 0 Å². The number of amides is 1. The Kier molecular flexibility index (Phi) is 4.45. The molecule has 1 aromatic heterocycles. The monoisotopic (exact) mass is 296 g/mol. The lowest BCUT2D eigenvalue weighted by atomic mass is 10.2. The Morgan fingerprint density at radius 2 is 2.16 bits per heavy atom. The second-order valence-corrected chi connectivity index (χ2v) is 7.40. The molecular formula is C14H20N2OS2. The Bertz CT molecular complexity index is 415. The minimum atomic E-state index is 0.130. The van der Waals surface area contributed by atoms with Crippen LogP contribution in [0, 0.1) is 0 Å². The second kappa shape index (κ2) is 6.29. The Hall–Kier alpha value is -0.520. The number of likely N-dealkylation sites (tertiary alicyclic amines) is 1. The summed E-state index contributed by atoms with van der Waals surface area (Å²) in [4.78, 5) is 18.4. The SMILES string of the molecule is O=C(C1CCCN1Cc1cccs1)N1CCSCC1. The summed E-state index contributed by atoms with van der Waals surface area (Å²) in [5, 5.41) is 2.12. The van der Waals surface area contributed by atoms with Gasteiger partial charge in [-0.25, -0.2) is 0 Å². The molecule has 5 heteroatoms. The fourth-order valence-corrected chi connectivity index (χ4v) is 4.52. The standard InChI is InChI=1S/C14H20N2OS2/c17-14(15-6-9-18-10-7-15)13-4-1-5-16(13)11-12-3-2-8-19-12/h2-3,8,13H,1,4-7,9-11H2. The van der Waals surface area contributed by atoms with Crippen molar-refractivity contribution in [3.8, 4) is 0 Å². The summed E-state index contributed by atoms with van der Waals surface area (Å²) in [5.41, 5.74) is 0. The van der Waals surface area contributed by atoms with Crippen LogP contribution in [0.2, 0.25) is 0 Å². The lowest BCUT2D eigenvalue weighted by Crippen LogP contribution is -2.48. The lowest BCUT2D eigenvalue weighted by molar-refractivity contribution is -0.135. The third-order valence-electron chi connectivity index (χ3n) is 3.91. The van der Waals surface area contributed by atoms with Gasteiger partial charge in [-0.1, -0.05) is 6.07 Å². The third kappa shape index (κ3) is 3.15. The molecule has 2 aliphatic rings. The number of nitrogens with zero attached hydrogens (tertiary/aromatic N) is 2. The van der Waals surface area contributed by atoms with Crippen molar-refractivity contribution in [1.82, 2.24) is 9.80 Å². The molecule has 0 saturated carbocycles. The molecule has 2 saturated heterocycles. The summed E-state index contributed by atoms with van der Waals surface area (Å²) in [5.74, 6) is 2.57. The van der Waals surface area contributed by atoms with Crippen LogP contribution in [0.5, 0.6) is 0 Å². The van der Waals surface area contributed by atoms with Gasteiger partial charge >= 0.3 is 0 Å². The molecule has 0 bridgehead atoms. The molecule has 3 rings (SSSR count). The molecule has 0 spiro atoms. The molecule has 2 fully saturated rings. The lowest BCUT2D eigenvalue weighted by Gasteiger charge is -2.32. The largest absolute Gasteiger partial charge is 0.340 e. The third-order valence-corrected chi connectivity index (χ3v) is 5.71. The van der Waals surface area contributed by atoms with Gasteiger partial charge in [0.15, 0.2) is 0 Å². The van der Waals surface area contributed by atoms with Crippen LogP contribution in [-0.2, 0) is 11.3 Å². The van der Waals surface area contributed by atoms with E-state index in [4.69, 9.17) is 0 Å². The summed E-state index contributed by atoms with van der Waals surface area (Å²) >= 11 is 3.75. The fraction of sp³-hybridized carbons (Fsp3) is 0.643. The predicted molar refractivity (Wildman–Crippen MR) is 81.7 cm³/mol. The van der Waals surface area contributed by atoms with Crippen molar-refractivity contribution in [3.63, 3.8) is 0 Å². The van der Waals surface area contributed by atoms with E-state index in [9.17, 15) is 4.79 Å². The summed E-state index contributed by atoms with van der Waals surface area (Å²) in [6, 6.07) is 4.39. The first-order valence-electron chi connectivity index (χ1n) is 6.97. The molecule has 1 atom stereocenters. The van der Waals surface area contributed by atoms with Crippen LogP contribution in [0.3, 0.4) is 0 Å². The van der Waals surface area contributed by atoms with Crippen molar-refractivity contribution < 1.29 is 4.79 Å². The number of thioether (sulfide) groups is 1. The van der Waals surface area contributed by atoms with E-state index in [1.54, 1.807) is 11.3 Å². The maximum atomic E-state index is 12.6. The van der Waals surface area contributed by atoms with Crippen molar-refractivity contribution in [2.24, 2.45) is 0 Å². The van der Waals surface area contributed by atoms with E-state index in [2.05, 4.69) is 27.3 Å². The average molecular weight is 296 g/mol. The van der Waals surface area contributed by atoms with Gasteiger partial charge in [0.25, 0.3) is 0 Å². The first-order valence-corrected chi connectivity index (χ1v) is 9.01. The van der Waals surface area contributed by atoms with E-state index in [0.29, 0.717) is 5.91 Å². The van der Waals surface area contributed by atoms with E-state index in [0.717, 1.165) is 50.5 Å². The molecule has 2 aliphatic heterocycles. The van der Waals surface area contributed by atoms with Gasteiger partial charge in [-0.3, -0.25) is 9.69 Å². The number of rotatable bonds is 3. The van der Waals surface area contributed by atoms with E-state index in [1.165, 1.54) is 4.88 Å². The molecule has 19 heavy (non-hydrogen) atoms. The molecule has 0 radical (unpaired) electrons. The van der Waals surface area contributed by atoms with Gasteiger partial charge < -0.3 is 4.90 Å². The maximum Gasteiger partial charge on any atom is 0.239 e. The Morgan fingerprint density at radius 1 is 1.32 bits per heavy atom. The van der Waals surface area contributed by atoms with Gasteiger partial charge in [0.1, 0.15) is 0 Å². The van der Waals surface area contributed by atoms with Crippen LogP contribution in [0.25, 0.3) is 0 Å². The van der Waals surface area contributed by atoms with E-state index in [-0.39, 0.29) is 6.04 Å². The summed E-state index contributed by atoms with van der Waals surface area (Å²) < 4.78 is 0. The highest BCUT2D eigenvalue weighted by atomic mass is 32.2. The normalized spacial score (nSPS) is 24.8. The molecular weight excluding hydrogens is 276 g/mol. The molecule has 1 amide bonds. The van der Waals surface area contributed by atoms with Crippen molar-refractivity contribution in [2.75, 3.05) is 31.1 Å². The van der Waals surface area contributed by atoms with Crippen LogP contribution >= 0.6 is 23.1 Å². The first-order chi connectivity index (χ1) is 9.34. The van der Waals surface area contributed by atoms with Gasteiger partial charge in [0, 0.05) is 36.0 Å². The van der Waals surface area contributed by atoms with Gasteiger partial charge in [-0.15, -0.1) is 11.3 Å². The zero-order valence-corrected chi connectivity index (χ0v) is 12.7. The topological polar surface area (TPSA) is 23.6 Å². The smallest absolute Gasteiger partial charge is 0.239 e. The molecule has 104 valence electrons. The van der Waals surface area contributed by atoms with E-state index in [1.807, 2.05) is 11.8 Å². The zero-order valence-electron chi connectivity index (χ0n) is 11.1. The van der Waals surface area contributed by atoms with E-state index >= 15 is 0 Å². The van der Waals surface area contributed by atoms with Crippen molar-refractivity contribution in [3.05, 3.63) is 22.4 Å². The predicted octanol–water partition coefficient (Wildman–Crippen LogP) is 2.29. The highest BCUT2D eigenvalue weighted by Gasteiger charge is 2.34. The second-order valence-electron chi connectivity index (χ2n) is 5.15. The molecule has 1 unspecified atom stereocenters. The molecule has 3 heterocycles. The van der Waals surface area contributed by atoms with Gasteiger partial charge in [-0.05, 0) is 30.8 Å². The van der Waals surface area contributed by atoms with Crippen LogP contribution < -0.4 is 0 Å². The molecule has 0 aliphatic carbocycles. The van der Waals surface area contributed by atoms with Crippen LogP contribution in [0.15, 0.2) is 17.5 Å². The number of carbonyl (C=O) groups excluding carboxylic acids is 1. The highest BCUT2D eigenvalue weighted by molar-refractivity contribution is 7.99. The maximum absolute atomic E-state index is 12.6.